The van der Waals surface area contributed by atoms with Crippen LogP contribution in [0.5, 0.6) is 0 Å². The van der Waals surface area contributed by atoms with Crippen LogP contribution in [0.2, 0.25) is 0 Å². The Kier molecular flexibility index (Phi) is 6.73. The highest BCUT2D eigenvalue weighted by Gasteiger charge is 2.24. The Hall–Kier alpha value is -2.67. The second-order valence-corrected chi connectivity index (χ2v) is 12.4. The summed E-state index contributed by atoms with van der Waals surface area (Å²) in [6.07, 6.45) is 0.897. The van der Waals surface area contributed by atoms with Crippen molar-refractivity contribution < 1.29 is 9.59 Å². The normalized spacial score (nSPS) is 13.7. The number of fused-ring (bicyclic) bond motifs is 2. The van der Waals surface area contributed by atoms with E-state index >= 15 is 0 Å². The molecule has 1 aliphatic rings. The molecule has 0 fully saturated rings. The fourth-order valence-corrected chi connectivity index (χ4v) is 7.32. The molecule has 0 bridgehead atoms. The summed E-state index contributed by atoms with van der Waals surface area (Å²) in [5, 5.41) is 10.7. The van der Waals surface area contributed by atoms with Gasteiger partial charge in [0.25, 0.3) is 0 Å². The molecule has 0 spiro atoms. The number of hydrogen-bond acceptors (Lipinski definition) is 10. The number of rotatable bonds is 7. The van der Waals surface area contributed by atoms with E-state index in [4.69, 9.17) is 5.73 Å². The number of hydrogen-bond donors (Lipinski definition) is 2. The highest BCUT2D eigenvalue weighted by molar-refractivity contribution is 8.02. The number of thiazole rings is 1. The second kappa shape index (κ2) is 9.90. The molecular weight excluding hydrogens is 509 g/mol. The SMILES string of the molecule is C[C@@H](Sc1nnc(N)s1)C(=O)Nc1ccc2nc(SCC(=O)N3CCc4ccccc43)sc2c1. The highest BCUT2D eigenvalue weighted by atomic mass is 32.2. The molecule has 2 aromatic heterocycles. The molecule has 2 aromatic carbocycles. The van der Waals surface area contributed by atoms with Gasteiger partial charge in [-0.3, -0.25) is 9.59 Å². The fourth-order valence-electron chi connectivity index (χ4n) is 3.56. The molecule has 8 nitrogen and oxygen atoms in total. The number of nitrogen functional groups attached to an aromatic ring is 1. The number of nitrogens with one attached hydrogen (secondary N) is 1. The van der Waals surface area contributed by atoms with E-state index in [1.54, 1.807) is 0 Å². The first-order chi connectivity index (χ1) is 16.5. The van der Waals surface area contributed by atoms with Crippen molar-refractivity contribution >= 4 is 84.7 Å². The van der Waals surface area contributed by atoms with Crippen molar-refractivity contribution in [1.82, 2.24) is 15.2 Å². The van der Waals surface area contributed by atoms with Crippen LogP contribution in [0.1, 0.15) is 12.5 Å². The van der Waals surface area contributed by atoms with Crippen molar-refractivity contribution in [2.24, 2.45) is 0 Å². The van der Waals surface area contributed by atoms with Gasteiger partial charge in [0.15, 0.2) is 8.68 Å². The molecule has 1 atom stereocenters. The number of thioether (sulfide) groups is 2. The Morgan fingerprint density at radius 1 is 1.18 bits per heavy atom. The van der Waals surface area contributed by atoms with E-state index in [1.165, 1.54) is 51.8 Å². The Balaban J connectivity index is 1.20. The van der Waals surface area contributed by atoms with Gasteiger partial charge in [-0.2, -0.15) is 0 Å². The standard InChI is InChI=1S/C22H20N6O2S4/c1-12(32-22-27-26-20(23)34-22)19(30)24-14-6-7-15-17(10-14)33-21(25-15)31-11-18(29)28-9-8-13-4-2-3-5-16(13)28/h2-7,10,12H,8-9,11H2,1H3,(H2,23,26)(H,24,30)/t12-/m1/s1. The molecule has 174 valence electrons. The number of nitrogens with zero attached hydrogens (tertiary/aromatic N) is 4. The predicted molar refractivity (Wildman–Crippen MR) is 141 cm³/mol. The molecule has 1 aliphatic heterocycles. The van der Waals surface area contributed by atoms with Crippen LogP contribution in [0.25, 0.3) is 10.2 Å². The lowest BCUT2D eigenvalue weighted by atomic mass is 10.2. The van der Waals surface area contributed by atoms with Crippen LogP contribution < -0.4 is 16.0 Å². The van der Waals surface area contributed by atoms with Crippen LogP contribution in [-0.4, -0.2) is 44.5 Å². The first-order valence-electron chi connectivity index (χ1n) is 10.4. The summed E-state index contributed by atoms with van der Waals surface area (Å²) in [7, 11) is 0. The van der Waals surface area contributed by atoms with Crippen molar-refractivity contribution in [3.05, 3.63) is 48.0 Å². The minimum atomic E-state index is -0.350. The van der Waals surface area contributed by atoms with Crippen molar-refractivity contribution in [3.63, 3.8) is 0 Å². The van der Waals surface area contributed by atoms with Crippen LogP contribution in [0.4, 0.5) is 16.5 Å². The van der Waals surface area contributed by atoms with E-state index in [0.29, 0.717) is 20.9 Å². The molecule has 0 unspecified atom stereocenters. The maximum absolute atomic E-state index is 12.8. The van der Waals surface area contributed by atoms with Gasteiger partial charge in [-0.05, 0) is 43.2 Å². The van der Waals surface area contributed by atoms with E-state index in [0.717, 1.165) is 33.2 Å². The van der Waals surface area contributed by atoms with Crippen LogP contribution in [0.15, 0.2) is 51.1 Å². The molecule has 3 heterocycles. The summed E-state index contributed by atoms with van der Waals surface area (Å²) < 4.78 is 2.44. The van der Waals surface area contributed by atoms with Crippen molar-refractivity contribution in [2.75, 3.05) is 28.2 Å². The van der Waals surface area contributed by atoms with Crippen LogP contribution in [0, 0.1) is 0 Å². The van der Waals surface area contributed by atoms with Gasteiger partial charge in [0.1, 0.15) is 0 Å². The molecule has 0 radical (unpaired) electrons. The summed E-state index contributed by atoms with van der Waals surface area (Å²) in [6, 6.07) is 13.7. The van der Waals surface area contributed by atoms with E-state index in [9.17, 15) is 9.59 Å². The lowest BCUT2D eigenvalue weighted by Crippen LogP contribution is -2.30. The third-order valence-corrected chi connectivity index (χ3v) is 9.30. The minimum absolute atomic E-state index is 0.0887. The summed E-state index contributed by atoms with van der Waals surface area (Å²) in [4.78, 5) is 31.9. The number of benzene rings is 2. The maximum atomic E-state index is 12.8. The molecule has 0 saturated heterocycles. The van der Waals surface area contributed by atoms with Gasteiger partial charge < -0.3 is 16.0 Å². The molecule has 34 heavy (non-hydrogen) atoms. The summed E-state index contributed by atoms with van der Waals surface area (Å²) in [6.45, 7) is 2.54. The lowest BCUT2D eigenvalue weighted by Gasteiger charge is -2.16. The highest BCUT2D eigenvalue weighted by Crippen LogP contribution is 2.34. The summed E-state index contributed by atoms with van der Waals surface area (Å²) in [5.41, 5.74) is 9.38. The Morgan fingerprint density at radius 2 is 2.03 bits per heavy atom. The topological polar surface area (TPSA) is 114 Å². The van der Waals surface area contributed by atoms with Gasteiger partial charge in [-0.25, -0.2) is 4.98 Å². The molecule has 0 saturated carbocycles. The first kappa shape index (κ1) is 23.1. The number of anilines is 3. The molecule has 5 rings (SSSR count). The first-order valence-corrected chi connectivity index (χ1v) is 13.9. The number of carbonyl (C=O) groups excluding carboxylic acids is 2. The summed E-state index contributed by atoms with van der Waals surface area (Å²) in [5.74, 6) is 0.294. The summed E-state index contributed by atoms with van der Waals surface area (Å²) >= 11 is 5.54. The van der Waals surface area contributed by atoms with Crippen LogP contribution >= 0.6 is 46.2 Å². The number of nitrogens with two attached hydrogens (primary N) is 1. The zero-order valence-electron chi connectivity index (χ0n) is 18.1. The van der Waals surface area contributed by atoms with Gasteiger partial charge in [0.05, 0.1) is 21.2 Å². The molecule has 4 aromatic rings. The number of amides is 2. The van der Waals surface area contributed by atoms with Crippen LogP contribution in [-0.2, 0) is 16.0 Å². The molecule has 2 amide bonds. The van der Waals surface area contributed by atoms with E-state index in [1.807, 2.05) is 48.2 Å². The zero-order chi connectivity index (χ0) is 23.7. The van der Waals surface area contributed by atoms with Crippen molar-refractivity contribution in [1.29, 1.82) is 0 Å². The van der Waals surface area contributed by atoms with E-state index in [-0.39, 0.29) is 17.1 Å². The maximum Gasteiger partial charge on any atom is 0.237 e. The fraction of sp³-hybridized carbons (Fsp3) is 0.227. The van der Waals surface area contributed by atoms with Gasteiger partial charge in [-0.1, -0.05) is 53.1 Å². The average molecular weight is 529 g/mol. The Bertz CT molecular complexity index is 1370. The monoisotopic (exact) mass is 528 g/mol. The zero-order valence-corrected chi connectivity index (χ0v) is 21.3. The second-order valence-electron chi connectivity index (χ2n) is 7.53. The smallest absolute Gasteiger partial charge is 0.237 e. The average Bonchev–Trinajstić information content (AvgIpc) is 3.55. The number of aromatic nitrogens is 3. The molecule has 0 aliphatic carbocycles. The number of para-hydroxylation sites is 1. The Labute approximate surface area is 212 Å². The Morgan fingerprint density at radius 3 is 2.85 bits per heavy atom. The molecule has 3 N–H and O–H groups in total. The van der Waals surface area contributed by atoms with Gasteiger partial charge in [-0.15, -0.1) is 21.5 Å². The molecule has 12 heteroatoms. The minimum Gasteiger partial charge on any atom is -0.374 e. The van der Waals surface area contributed by atoms with Gasteiger partial charge >= 0.3 is 0 Å². The lowest BCUT2D eigenvalue weighted by molar-refractivity contribution is -0.116. The van der Waals surface area contributed by atoms with Crippen LogP contribution in [0.3, 0.4) is 0 Å². The van der Waals surface area contributed by atoms with Crippen molar-refractivity contribution in [3.8, 4) is 0 Å². The third kappa shape index (κ3) is 5.04. The van der Waals surface area contributed by atoms with Gasteiger partial charge in [0.2, 0.25) is 16.9 Å². The largest absolute Gasteiger partial charge is 0.374 e. The van der Waals surface area contributed by atoms with E-state index in [2.05, 4.69) is 26.6 Å². The van der Waals surface area contributed by atoms with Gasteiger partial charge in [0, 0.05) is 17.9 Å². The molecular formula is C22H20N6O2S4. The number of carbonyl (C=O) groups is 2. The predicted octanol–water partition coefficient (Wildman–Crippen LogP) is 4.53. The quantitative estimate of drug-likeness (QED) is 0.336. The third-order valence-electron chi connectivity index (χ3n) is 5.21. The van der Waals surface area contributed by atoms with E-state index < -0.39 is 0 Å². The van der Waals surface area contributed by atoms with Crippen molar-refractivity contribution in [2.45, 2.75) is 27.3 Å².